The van der Waals surface area contributed by atoms with Crippen LogP contribution in [0, 0.1) is 0 Å². The molecule has 4 nitrogen and oxygen atoms in total. The molecule has 2 aliphatic rings. The molecule has 0 N–H and O–H groups in total. The molecular weight excluding hydrogens is 194 g/mol. The molecule has 0 aromatic heterocycles. The lowest BCUT2D eigenvalue weighted by Crippen LogP contribution is -2.21. The summed E-state index contributed by atoms with van der Waals surface area (Å²) in [6, 6.07) is 3.79. The summed E-state index contributed by atoms with van der Waals surface area (Å²) in [5.41, 5.74) is 1.95. The maximum atomic E-state index is 11.5. The van der Waals surface area contributed by atoms with Crippen molar-refractivity contribution < 1.29 is 14.3 Å². The van der Waals surface area contributed by atoms with E-state index < -0.39 is 0 Å². The van der Waals surface area contributed by atoms with Crippen LogP contribution in [-0.2, 0) is 11.2 Å². The number of fused-ring (bicyclic) bond motifs is 2. The van der Waals surface area contributed by atoms with Gasteiger partial charge in [-0.3, -0.25) is 4.79 Å². The Morgan fingerprint density at radius 1 is 1.20 bits per heavy atom. The third kappa shape index (κ3) is 1.17. The molecule has 0 fully saturated rings. The molecule has 0 saturated heterocycles. The van der Waals surface area contributed by atoms with E-state index in [0.717, 1.165) is 22.7 Å². The van der Waals surface area contributed by atoms with Crippen LogP contribution in [0.25, 0.3) is 0 Å². The summed E-state index contributed by atoms with van der Waals surface area (Å²) in [5.74, 6) is 1.61. The highest BCUT2D eigenvalue weighted by molar-refractivity contribution is 6.01. The first-order chi connectivity index (χ1) is 7.25. The predicted molar refractivity (Wildman–Crippen MR) is 54.5 cm³/mol. The van der Waals surface area contributed by atoms with Crippen LogP contribution in [0.2, 0.25) is 0 Å². The maximum absolute atomic E-state index is 11.5. The van der Waals surface area contributed by atoms with E-state index in [1.54, 1.807) is 11.9 Å². The first-order valence-electron chi connectivity index (χ1n) is 4.95. The molecule has 15 heavy (non-hydrogen) atoms. The molecule has 0 saturated carbocycles. The highest BCUT2D eigenvalue weighted by Gasteiger charge is 2.27. The second-order valence-electron chi connectivity index (χ2n) is 3.75. The third-order valence-corrected chi connectivity index (χ3v) is 2.82. The molecule has 0 atom stereocenters. The second kappa shape index (κ2) is 2.89. The molecule has 1 amide bonds. The Hall–Kier alpha value is -1.71. The summed E-state index contributed by atoms with van der Waals surface area (Å²) in [6.45, 7) is 1.15. The van der Waals surface area contributed by atoms with E-state index in [1.165, 1.54) is 0 Å². The van der Waals surface area contributed by atoms with Crippen LogP contribution in [-0.4, -0.2) is 26.2 Å². The molecule has 0 unspecified atom stereocenters. The zero-order valence-electron chi connectivity index (χ0n) is 8.45. The Kier molecular flexibility index (Phi) is 1.65. The summed E-state index contributed by atoms with van der Waals surface area (Å²) in [4.78, 5) is 13.2. The van der Waals surface area contributed by atoms with Gasteiger partial charge in [-0.05, 0) is 11.6 Å². The lowest BCUT2D eigenvalue weighted by atomic mass is 10.1. The highest BCUT2D eigenvalue weighted by Crippen LogP contribution is 2.39. The molecule has 2 heterocycles. The number of hydrogen-bond acceptors (Lipinski definition) is 3. The van der Waals surface area contributed by atoms with E-state index in [9.17, 15) is 4.79 Å². The first-order valence-corrected chi connectivity index (χ1v) is 4.95. The third-order valence-electron chi connectivity index (χ3n) is 2.82. The van der Waals surface area contributed by atoms with Gasteiger partial charge in [0.2, 0.25) is 5.91 Å². The summed E-state index contributed by atoms with van der Waals surface area (Å²) in [6.07, 6.45) is 0.461. The minimum atomic E-state index is 0.118. The average molecular weight is 205 g/mol. The number of nitrogens with zero attached hydrogens (tertiary/aromatic N) is 1. The molecule has 1 aromatic carbocycles. The predicted octanol–water partition coefficient (Wildman–Crippen LogP) is 0.977. The summed E-state index contributed by atoms with van der Waals surface area (Å²) in [7, 11) is 1.78. The van der Waals surface area contributed by atoms with E-state index in [1.807, 2.05) is 12.1 Å². The number of amides is 1. The fourth-order valence-corrected chi connectivity index (χ4v) is 1.99. The SMILES string of the molecule is CN1C(=O)Cc2cc3c(cc21)OCCO3. The van der Waals surface area contributed by atoms with Gasteiger partial charge in [0, 0.05) is 13.1 Å². The van der Waals surface area contributed by atoms with Crippen LogP contribution in [0.1, 0.15) is 5.56 Å². The fourth-order valence-electron chi connectivity index (χ4n) is 1.99. The van der Waals surface area contributed by atoms with Gasteiger partial charge in [0.15, 0.2) is 11.5 Å². The van der Waals surface area contributed by atoms with Crippen molar-refractivity contribution in [1.82, 2.24) is 0 Å². The molecule has 2 aliphatic heterocycles. The molecule has 1 aromatic rings. The fraction of sp³-hybridized carbons (Fsp3) is 0.364. The monoisotopic (exact) mass is 205 g/mol. The Balaban J connectivity index is 2.12. The first kappa shape index (κ1) is 8.59. The number of benzene rings is 1. The lowest BCUT2D eigenvalue weighted by molar-refractivity contribution is -0.117. The van der Waals surface area contributed by atoms with Crippen LogP contribution in [0.3, 0.4) is 0 Å². The zero-order chi connectivity index (χ0) is 10.4. The number of ether oxygens (including phenoxy) is 2. The number of hydrogen-bond donors (Lipinski definition) is 0. The van der Waals surface area contributed by atoms with E-state index >= 15 is 0 Å². The number of rotatable bonds is 0. The van der Waals surface area contributed by atoms with Crippen molar-refractivity contribution in [3.63, 3.8) is 0 Å². The second-order valence-corrected chi connectivity index (χ2v) is 3.75. The van der Waals surface area contributed by atoms with Gasteiger partial charge in [0.05, 0.1) is 12.1 Å². The Labute approximate surface area is 87.4 Å². The Bertz CT molecular complexity index is 442. The number of carbonyl (C=O) groups is 1. The summed E-state index contributed by atoms with van der Waals surface area (Å²) in [5, 5.41) is 0. The standard InChI is InChI=1S/C11H11NO3/c1-12-8-6-10-9(14-2-3-15-10)4-7(8)5-11(12)13/h4,6H,2-3,5H2,1H3. The molecule has 3 rings (SSSR count). The average Bonchev–Trinajstić information content (AvgIpc) is 2.52. The van der Waals surface area contributed by atoms with Crippen LogP contribution >= 0.6 is 0 Å². The topological polar surface area (TPSA) is 38.8 Å². The molecule has 78 valence electrons. The number of likely N-dealkylation sites (N-methyl/N-ethyl adjacent to an activating group) is 1. The normalized spacial score (nSPS) is 17.9. The zero-order valence-corrected chi connectivity index (χ0v) is 8.45. The van der Waals surface area contributed by atoms with Crippen molar-refractivity contribution in [2.75, 3.05) is 25.2 Å². The molecular formula is C11H11NO3. The maximum Gasteiger partial charge on any atom is 0.231 e. The molecule has 0 aliphatic carbocycles. The van der Waals surface area contributed by atoms with Gasteiger partial charge >= 0.3 is 0 Å². The van der Waals surface area contributed by atoms with Crippen molar-refractivity contribution >= 4 is 11.6 Å². The molecule has 0 spiro atoms. The Morgan fingerprint density at radius 2 is 1.87 bits per heavy atom. The largest absolute Gasteiger partial charge is 0.486 e. The van der Waals surface area contributed by atoms with Crippen LogP contribution in [0.5, 0.6) is 11.5 Å². The van der Waals surface area contributed by atoms with Crippen LogP contribution in [0.15, 0.2) is 12.1 Å². The van der Waals surface area contributed by atoms with Gasteiger partial charge in [0.25, 0.3) is 0 Å². The quantitative estimate of drug-likeness (QED) is 0.633. The van der Waals surface area contributed by atoms with E-state index in [4.69, 9.17) is 9.47 Å². The van der Waals surface area contributed by atoms with E-state index in [-0.39, 0.29) is 5.91 Å². The van der Waals surface area contributed by atoms with Gasteiger partial charge < -0.3 is 14.4 Å². The smallest absolute Gasteiger partial charge is 0.231 e. The molecule has 0 bridgehead atoms. The van der Waals surface area contributed by atoms with Crippen LogP contribution in [0.4, 0.5) is 5.69 Å². The number of carbonyl (C=O) groups excluding carboxylic acids is 1. The van der Waals surface area contributed by atoms with Gasteiger partial charge in [-0.15, -0.1) is 0 Å². The highest BCUT2D eigenvalue weighted by atomic mass is 16.6. The van der Waals surface area contributed by atoms with E-state index in [0.29, 0.717) is 19.6 Å². The van der Waals surface area contributed by atoms with Crippen molar-refractivity contribution in [3.05, 3.63) is 17.7 Å². The van der Waals surface area contributed by atoms with E-state index in [2.05, 4.69) is 0 Å². The van der Waals surface area contributed by atoms with Crippen molar-refractivity contribution in [2.24, 2.45) is 0 Å². The lowest BCUT2D eigenvalue weighted by Gasteiger charge is -2.20. The summed E-state index contributed by atoms with van der Waals surface area (Å²) < 4.78 is 10.9. The van der Waals surface area contributed by atoms with Gasteiger partial charge in [0.1, 0.15) is 13.2 Å². The minimum absolute atomic E-state index is 0.118. The van der Waals surface area contributed by atoms with Crippen molar-refractivity contribution in [1.29, 1.82) is 0 Å². The summed E-state index contributed by atoms with van der Waals surface area (Å²) >= 11 is 0. The number of anilines is 1. The minimum Gasteiger partial charge on any atom is -0.486 e. The van der Waals surface area contributed by atoms with Crippen molar-refractivity contribution in [2.45, 2.75) is 6.42 Å². The van der Waals surface area contributed by atoms with Gasteiger partial charge in [-0.1, -0.05) is 0 Å². The van der Waals surface area contributed by atoms with Crippen molar-refractivity contribution in [3.8, 4) is 11.5 Å². The molecule has 4 heteroatoms. The van der Waals surface area contributed by atoms with Gasteiger partial charge in [-0.2, -0.15) is 0 Å². The van der Waals surface area contributed by atoms with Gasteiger partial charge in [-0.25, -0.2) is 0 Å². The molecule has 0 radical (unpaired) electrons. The Morgan fingerprint density at radius 3 is 2.60 bits per heavy atom. The van der Waals surface area contributed by atoms with Crippen LogP contribution < -0.4 is 14.4 Å².